The van der Waals surface area contributed by atoms with E-state index in [4.69, 9.17) is 4.74 Å². The van der Waals surface area contributed by atoms with E-state index in [1.54, 1.807) is 41.1 Å². The molecule has 3 amide bonds. The maximum absolute atomic E-state index is 13.9. The van der Waals surface area contributed by atoms with Crippen LogP contribution in [0.2, 0.25) is 0 Å². The Labute approximate surface area is 251 Å². The number of ether oxygens (including phenoxy) is 1. The van der Waals surface area contributed by atoms with Crippen molar-refractivity contribution < 1.29 is 18.7 Å². The Hall–Kier alpha value is -3.53. The van der Waals surface area contributed by atoms with Crippen molar-refractivity contribution in [2.45, 2.75) is 64.0 Å². The third kappa shape index (κ3) is 7.45. The van der Waals surface area contributed by atoms with Crippen LogP contribution in [0.1, 0.15) is 58.8 Å². The minimum atomic E-state index is -0.460. The molecule has 1 atom stereocenters. The molecule has 1 saturated heterocycles. The van der Waals surface area contributed by atoms with Crippen molar-refractivity contribution in [3.8, 4) is 0 Å². The molecule has 0 radical (unpaired) electrons. The maximum atomic E-state index is 13.9. The molecule has 0 bridgehead atoms. The maximum Gasteiger partial charge on any atom is 0.322 e. The number of amides is 3. The number of rotatable bonds is 8. The fourth-order valence-electron chi connectivity index (χ4n) is 5.55. The van der Waals surface area contributed by atoms with Crippen molar-refractivity contribution in [1.29, 1.82) is 0 Å². The summed E-state index contributed by atoms with van der Waals surface area (Å²) in [6.07, 6.45) is 11.3. The van der Waals surface area contributed by atoms with E-state index in [-0.39, 0.29) is 23.5 Å². The lowest BCUT2D eigenvalue weighted by Gasteiger charge is -2.35. The summed E-state index contributed by atoms with van der Waals surface area (Å²) < 4.78 is 20.2. The summed E-state index contributed by atoms with van der Waals surface area (Å²) >= 11 is 1.77. The Balaban J connectivity index is 1.18. The van der Waals surface area contributed by atoms with Crippen molar-refractivity contribution in [1.82, 2.24) is 9.88 Å². The van der Waals surface area contributed by atoms with Gasteiger partial charge in [0.2, 0.25) is 0 Å². The monoisotopic (exact) mass is 593 g/mol. The molecule has 3 aliphatic rings. The highest BCUT2D eigenvalue weighted by atomic mass is 32.2. The first kappa shape index (κ1) is 29.9. The molecular weight excluding hydrogens is 553 g/mol. The van der Waals surface area contributed by atoms with Gasteiger partial charge in [-0.15, -0.1) is 0 Å². The summed E-state index contributed by atoms with van der Waals surface area (Å²) in [6.45, 7) is 6.45. The van der Waals surface area contributed by atoms with Gasteiger partial charge in [-0.2, -0.15) is 0 Å². The lowest BCUT2D eigenvalue weighted by molar-refractivity contribution is -0.115. The molecule has 0 spiro atoms. The molecule has 1 aromatic carbocycles. The molecule has 3 heterocycles. The second-order valence-corrected chi connectivity index (χ2v) is 12.4. The number of halogens is 1. The number of carbonyl (C=O) groups excluding carboxylic acids is 2. The SMILES string of the molecule is CCC(C)C1=C(C(=O)Nc2ccc(N3CCN(C(=O)Nc4ccccc4F)CC3)nc2)OC(SC2CCCC2)=CCC1. The van der Waals surface area contributed by atoms with E-state index in [1.165, 1.54) is 31.7 Å². The van der Waals surface area contributed by atoms with Crippen LogP contribution in [0.5, 0.6) is 0 Å². The highest BCUT2D eigenvalue weighted by molar-refractivity contribution is 8.03. The number of urea groups is 1. The van der Waals surface area contributed by atoms with E-state index in [0.717, 1.165) is 35.7 Å². The van der Waals surface area contributed by atoms with Gasteiger partial charge in [-0.3, -0.25) is 4.79 Å². The molecule has 2 fully saturated rings. The van der Waals surface area contributed by atoms with Gasteiger partial charge in [-0.25, -0.2) is 14.2 Å². The van der Waals surface area contributed by atoms with E-state index in [1.807, 2.05) is 12.1 Å². The molecule has 1 aromatic heterocycles. The van der Waals surface area contributed by atoms with Crippen molar-refractivity contribution >= 4 is 40.9 Å². The average Bonchev–Trinajstić information content (AvgIpc) is 3.43. The second-order valence-electron chi connectivity index (χ2n) is 11.1. The van der Waals surface area contributed by atoms with Gasteiger partial charge in [0, 0.05) is 31.4 Å². The van der Waals surface area contributed by atoms with E-state index < -0.39 is 5.82 Å². The van der Waals surface area contributed by atoms with Gasteiger partial charge < -0.3 is 25.2 Å². The van der Waals surface area contributed by atoms with Gasteiger partial charge in [0.25, 0.3) is 5.91 Å². The summed E-state index contributed by atoms with van der Waals surface area (Å²) in [5.74, 6) is 0.744. The van der Waals surface area contributed by atoms with Gasteiger partial charge in [0.15, 0.2) is 10.9 Å². The number of aromatic nitrogens is 1. The first-order chi connectivity index (χ1) is 20.4. The number of carbonyl (C=O) groups is 2. The summed E-state index contributed by atoms with van der Waals surface area (Å²) in [6, 6.07) is 9.54. The van der Waals surface area contributed by atoms with Crippen LogP contribution in [0, 0.1) is 11.7 Å². The number of benzene rings is 1. The lowest BCUT2D eigenvalue weighted by Crippen LogP contribution is -2.50. The predicted octanol–water partition coefficient (Wildman–Crippen LogP) is 7.14. The van der Waals surface area contributed by atoms with E-state index in [9.17, 15) is 14.0 Å². The van der Waals surface area contributed by atoms with Crippen molar-refractivity contribution in [2.24, 2.45) is 5.92 Å². The molecule has 1 aliphatic carbocycles. The zero-order valence-electron chi connectivity index (χ0n) is 24.4. The van der Waals surface area contributed by atoms with Gasteiger partial charge in [-0.05, 0) is 73.9 Å². The Bertz CT molecular complexity index is 1320. The highest BCUT2D eigenvalue weighted by Crippen LogP contribution is 2.39. The molecule has 10 heteroatoms. The normalized spacial score (nSPS) is 18.7. The van der Waals surface area contributed by atoms with Crippen molar-refractivity contribution in [3.63, 3.8) is 0 Å². The molecule has 8 nitrogen and oxygen atoms in total. The topological polar surface area (TPSA) is 86.8 Å². The van der Waals surface area contributed by atoms with Crippen LogP contribution in [0.15, 0.2) is 65.1 Å². The molecule has 2 N–H and O–H groups in total. The van der Waals surface area contributed by atoms with Gasteiger partial charge in [0.1, 0.15) is 11.6 Å². The summed E-state index contributed by atoms with van der Waals surface area (Å²) in [5, 5.41) is 7.06. The zero-order chi connectivity index (χ0) is 29.5. The molecule has 2 aliphatic heterocycles. The Morgan fingerprint density at radius 1 is 1.10 bits per heavy atom. The Morgan fingerprint density at radius 3 is 2.55 bits per heavy atom. The molecule has 1 unspecified atom stereocenters. The Kier molecular flexibility index (Phi) is 10.0. The van der Waals surface area contributed by atoms with Crippen LogP contribution < -0.4 is 15.5 Å². The molecule has 42 heavy (non-hydrogen) atoms. The first-order valence-electron chi connectivity index (χ1n) is 15.0. The number of nitrogens with zero attached hydrogens (tertiary/aromatic N) is 3. The molecule has 5 rings (SSSR count). The van der Waals surface area contributed by atoms with Crippen LogP contribution in [0.25, 0.3) is 0 Å². The fourth-order valence-corrected chi connectivity index (χ4v) is 6.79. The number of hydrogen-bond donors (Lipinski definition) is 2. The summed E-state index contributed by atoms with van der Waals surface area (Å²) in [7, 11) is 0. The number of thioether (sulfide) groups is 1. The molecule has 224 valence electrons. The molecular formula is C32H40FN5O3S. The third-order valence-electron chi connectivity index (χ3n) is 8.23. The highest BCUT2D eigenvalue weighted by Gasteiger charge is 2.27. The minimum absolute atomic E-state index is 0.172. The molecule has 1 saturated carbocycles. The van der Waals surface area contributed by atoms with Gasteiger partial charge in [0.05, 0.1) is 17.6 Å². The van der Waals surface area contributed by atoms with Crippen molar-refractivity contribution in [2.75, 3.05) is 41.7 Å². The van der Waals surface area contributed by atoms with Crippen LogP contribution in [0.3, 0.4) is 0 Å². The van der Waals surface area contributed by atoms with Gasteiger partial charge >= 0.3 is 6.03 Å². The number of hydrogen-bond acceptors (Lipinski definition) is 6. The number of allylic oxidation sites excluding steroid dienone is 2. The minimum Gasteiger partial charge on any atom is -0.445 e. The largest absolute Gasteiger partial charge is 0.445 e. The smallest absolute Gasteiger partial charge is 0.322 e. The van der Waals surface area contributed by atoms with Crippen molar-refractivity contribution in [3.05, 3.63) is 70.9 Å². The number of pyridine rings is 1. The number of piperazine rings is 1. The number of anilines is 3. The fraction of sp³-hybridized carbons (Fsp3) is 0.469. The summed E-state index contributed by atoms with van der Waals surface area (Å²) in [5.41, 5.74) is 1.84. The Morgan fingerprint density at radius 2 is 1.86 bits per heavy atom. The van der Waals surface area contributed by atoms with E-state index in [2.05, 4.69) is 40.4 Å². The van der Waals surface area contributed by atoms with Gasteiger partial charge in [-0.1, -0.05) is 50.6 Å². The average molecular weight is 594 g/mol. The molecule has 2 aromatic rings. The lowest BCUT2D eigenvalue weighted by atomic mass is 9.93. The number of para-hydroxylation sites is 1. The predicted molar refractivity (Wildman–Crippen MR) is 167 cm³/mol. The first-order valence-corrected chi connectivity index (χ1v) is 15.9. The van der Waals surface area contributed by atoms with Crippen LogP contribution in [0.4, 0.5) is 26.4 Å². The standard InChI is InChI=1S/C32H40FN5O3S/c1-3-22(2)25-11-8-14-29(42-24-9-4-5-10-24)41-30(25)31(39)35-23-15-16-28(34-21-23)37-17-19-38(20-18-37)32(40)36-27-13-7-6-12-26(27)33/h6-7,12-16,21-22,24H,3-5,8-11,17-20H2,1-2H3,(H,35,39)(H,36,40). The number of nitrogens with one attached hydrogen (secondary N) is 2. The van der Waals surface area contributed by atoms with Crippen LogP contribution in [-0.2, 0) is 9.53 Å². The zero-order valence-corrected chi connectivity index (χ0v) is 25.2. The third-order valence-corrected chi connectivity index (χ3v) is 9.52. The van der Waals surface area contributed by atoms with E-state index in [0.29, 0.717) is 42.9 Å². The second kappa shape index (κ2) is 14.1. The van der Waals surface area contributed by atoms with E-state index >= 15 is 0 Å². The van der Waals surface area contributed by atoms with Crippen LogP contribution >= 0.6 is 11.8 Å². The van der Waals surface area contributed by atoms with Crippen LogP contribution in [-0.4, -0.2) is 53.3 Å². The summed E-state index contributed by atoms with van der Waals surface area (Å²) in [4.78, 5) is 34.5. The quantitative estimate of drug-likeness (QED) is 0.338.